The second-order valence-electron chi connectivity index (χ2n) is 1.99. The number of hydrogen-bond acceptors (Lipinski definition) is 3. The average Bonchev–Trinajstić information content (AvgIpc) is 2.15. The van der Waals surface area contributed by atoms with Crippen molar-refractivity contribution in [2.45, 2.75) is 19.4 Å². The second kappa shape index (κ2) is 2.59. The van der Waals surface area contributed by atoms with Crippen molar-refractivity contribution in [2.75, 3.05) is 0 Å². The van der Waals surface area contributed by atoms with Gasteiger partial charge in [0.2, 0.25) is 0 Å². The Morgan fingerprint density at radius 2 is 2.67 bits per heavy atom. The van der Waals surface area contributed by atoms with Gasteiger partial charge in [0.25, 0.3) is 0 Å². The van der Waals surface area contributed by atoms with Crippen LogP contribution in [-0.4, -0.2) is 26.4 Å². The van der Waals surface area contributed by atoms with Crippen LogP contribution in [0.25, 0.3) is 0 Å². The highest BCUT2D eigenvalue weighted by atomic mass is 16.3. The molecule has 1 aromatic rings. The van der Waals surface area contributed by atoms with Crippen molar-refractivity contribution in [3.05, 3.63) is 12.2 Å². The maximum Gasteiger partial charge on any atom is 0.137 e. The topological polar surface area (TPSA) is 61.8 Å². The van der Waals surface area contributed by atoms with Gasteiger partial charge in [-0.05, 0) is 6.92 Å². The number of aromatic amines is 1. The Hall–Kier alpha value is -0.900. The number of rotatable bonds is 2. The van der Waals surface area contributed by atoms with Crippen LogP contribution < -0.4 is 0 Å². The van der Waals surface area contributed by atoms with E-state index in [4.69, 9.17) is 5.11 Å². The minimum atomic E-state index is -0.349. The van der Waals surface area contributed by atoms with Crippen LogP contribution in [0.15, 0.2) is 6.33 Å². The van der Waals surface area contributed by atoms with Gasteiger partial charge in [0.05, 0.1) is 6.10 Å². The monoisotopic (exact) mass is 127 g/mol. The lowest BCUT2D eigenvalue weighted by Crippen LogP contribution is -2.05. The van der Waals surface area contributed by atoms with Gasteiger partial charge in [-0.25, -0.2) is 4.98 Å². The third-order valence-electron chi connectivity index (χ3n) is 0.954. The minimum Gasteiger partial charge on any atom is -0.393 e. The first kappa shape index (κ1) is 6.22. The van der Waals surface area contributed by atoms with Crippen molar-refractivity contribution in [2.24, 2.45) is 0 Å². The zero-order valence-electron chi connectivity index (χ0n) is 5.20. The molecule has 4 nitrogen and oxygen atoms in total. The van der Waals surface area contributed by atoms with Gasteiger partial charge in [0.15, 0.2) is 0 Å². The first-order valence-electron chi connectivity index (χ1n) is 2.81. The van der Waals surface area contributed by atoms with E-state index in [9.17, 15) is 0 Å². The van der Waals surface area contributed by atoms with Crippen LogP contribution in [0.5, 0.6) is 0 Å². The largest absolute Gasteiger partial charge is 0.393 e. The predicted octanol–water partition coefficient (Wildman–Crippen LogP) is -0.272. The molecule has 0 saturated heterocycles. The number of aliphatic hydroxyl groups excluding tert-OH is 1. The highest BCUT2D eigenvalue weighted by molar-refractivity contribution is 4.81. The number of aliphatic hydroxyl groups is 1. The van der Waals surface area contributed by atoms with Crippen molar-refractivity contribution in [1.82, 2.24) is 15.2 Å². The molecule has 0 aliphatic heterocycles. The summed E-state index contributed by atoms with van der Waals surface area (Å²) in [6.45, 7) is 1.71. The summed E-state index contributed by atoms with van der Waals surface area (Å²) in [6.07, 6.45) is 1.62. The molecule has 0 unspecified atom stereocenters. The molecule has 0 aliphatic carbocycles. The molecule has 0 spiro atoms. The van der Waals surface area contributed by atoms with E-state index >= 15 is 0 Å². The zero-order valence-corrected chi connectivity index (χ0v) is 5.20. The van der Waals surface area contributed by atoms with E-state index in [1.54, 1.807) is 6.92 Å². The molecule has 50 valence electrons. The third kappa shape index (κ3) is 1.81. The number of hydrogen-bond donors (Lipinski definition) is 2. The Labute approximate surface area is 52.9 Å². The number of H-pyrrole nitrogens is 1. The lowest BCUT2D eigenvalue weighted by molar-refractivity contribution is 0.193. The quantitative estimate of drug-likeness (QED) is 0.574. The standard InChI is InChI=1S/C5H9N3O/c1-4(9)2-5-6-3-7-8-5/h3-4,9H,2H2,1H3,(H,6,7,8)/t4-/m0/s1. The molecule has 1 heterocycles. The average molecular weight is 127 g/mol. The van der Waals surface area contributed by atoms with Gasteiger partial charge < -0.3 is 5.11 Å². The van der Waals surface area contributed by atoms with Crippen molar-refractivity contribution >= 4 is 0 Å². The Morgan fingerprint density at radius 3 is 3.11 bits per heavy atom. The van der Waals surface area contributed by atoms with Crippen LogP contribution in [0, 0.1) is 0 Å². The van der Waals surface area contributed by atoms with E-state index in [-0.39, 0.29) is 6.10 Å². The van der Waals surface area contributed by atoms with Gasteiger partial charge in [0.1, 0.15) is 12.2 Å². The third-order valence-corrected chi connectivity index (χ3v) is 0.954. The van der Waals surface area contributed by atoms with Crippen molar-refractivity contribution in [1.29, 1.82) is 0 Å². The summed E-state index contributed by atoms with van der Waals surface area (Å²) in [5.74, 6) is 0.727. The summed E-state index contributed by atoms with van der Waals surface area (Å²) in [5, 5.41) is 15.1. The van der Waals surface area contributed by atoms with E-state index in [0.717, 1.165) is 5.82 Å². The molecule has 1 aromatic heterocycles. The first-order chi connectivity index (χ1) is 4.29. The molecule has 0 aliphatic rings. The molecular formula is C5H9N3O. The molecule has 0 bridgehead atoms. The van der Waals surface area contributed by atoms with Gasteiger partial charge in [0, 0.05) is 6.42 Å². The van der Waals surface area contributed by atoms with Crippen LogP contribution in [0.3, 0.4) is 0 Å². The van der Waals surface area contributed by atoms with Gasteiger partial charge >= 0.3 is 0 Å². The van der Waals surface area contributed by atoms with E-state index in [0.29, 0.717) is 6.42 Å². The van der Waals surface area contributed by atoms with Crippen molar-refractivity contribution in [3.63, 3.8) is 0 Å². The maximum absolute atomic E-state index is 8.84. The Bertz CT molecular complexity index is 159. The van der Waals surface area contributed by atoms with Crippen LogP contribution in [0.1, 0.15) is 12.7 Å². The Balaban J connectivity index is 2.48. The van der Waals surface area contributed by atoms with Crippen LogP contribution >= 0.6 is 0 Å². The molecule has 1 rings (SSSR count). The second-order valence-corrected chi connectivity index (χ2v) is 1.99. The summed E-state index contributed by atoms with van der Waals surface area (Å²) < 4.78 is 0. The van der Waals surface area contributed by atoms with Crippen LogP contribution in [-0.2, 0) is 6.42 Å². The highest BCUT2D eigenvalue weighted by Gasteiger charge is 1.99. The van der Waals surface area contributed by atoms with E-state index in [1.807, 2.05) is 0 Å². The van der Waals surface area contributed by atoms with Crippen molar-refractivity contribution < 1.29 is 5.11 Å². The number of nitrogens with zero attached hydrogens (tertiary/aromatic N) is 2. The maximum atomic E-state index is 8.84. The Kier molecular flexibility index (Phi) is 1.79. The number of nitrogens with one attached hydrogen (secondary N) is 1. The normalized spacial score (nSPS) is 13.6. The van der Waals surface area contributed by atoms with Gasteiger partial charge in [-0.1, -0.05) is 0 Å². The summed E-state index contributed by atoms with van der Waals surface area (Å²) in [6, 6.07) is 0. The molecule has 0 saturated carbocycles. The number of aromatic nitrogens is 3. The minimum absolute atomic E-state index is 0.349. The smallest absolute Gasteiger partial charge is 0.137 e. The fourth-order valence-corrected chi connectivity index (χ4v) is 0.609. The first-order valence-corrected chi connectivity index (χ1v) is 2.81. The molecule has 0 fully saturated rings. The summed E-state index contributed by atoms with van der Waals surface area (Å²) in [4.78, 5) is 3.83. The van der Waals surface area contributed by atoms with Gasteiger partial charge in [-0.3, -0.25) is 5.10 Å². The summed E-state index contributed by atoms with van der Waals surface area (Å²) in [7, 11) is 0. The van der Waals surface area contributed by atoms with Gasteiger partial charge in [-0.2, -0.15) is 5.10 Å². The molecule has 9 heavy (non-hydrogen) atoms. The fraction of sp³-hybridized carbons (Fsp3) is 0.600. The molecule has 0 aromatic carbocycles. The lowest BCUT2D eigenvalue weighted by atomic mass is 10.3. The van der Waals surface area contributed by atoms with E-state index in [1.165, 1.54) is 6.33 Å². The van der Waals surface area contributed by atoms with Crippen LogP contribution in [0.4, 0.5) is 0 Å². The SMILES string of the molecule is C[C@H](O)Cc1ncn[nH]1. The lowest BCUT2D eigenvalue weighted by Gasteiger charge is -1.96. The molecular weight excluding hydrogens is 118 g/mol. The molecule has 1 atom stereocenters. The predicted molar refractivity (Wildman–Crippen MR) is 31.8 cm³/mol. The summed E-state index contributed by atoms with van der Waals surface area (Å²) >= 11 is 0. The van der Waals surface area contributed by atoms with Crippen LogP contribution in [0.2, 0.25) is 0 Å². The van der Waals surface area contributed by atoms with Crippen molar-refractivity contribution in [3.8, 4) is 0 Å². The Morgan fingerprint density at radius 1 is 1.89 bits per heavy atom. The highest BCUT2D eigenvalue weighted by Crippen LogP contribution is 1.91. The summed E-state index contributed by atoms with van der Waals surface area (Å²) in [5.41, 5.74) is 0. The molecule has 0 amide bonds. The molecule has 4 heteroatoms. The van der Waals surface area contributed by atoms with Gasteiger partial charge in [-0.15, -0.1) is 0 Å². The van der Waals surface area contributed by atoms with E-state index in [2.05, 4.69) is 15.2 Å². The zero-order chi connectivity index (χ0) is 6.69. The molecule has 2 N–H and O–H groups in total. The fourth-order valence-electron chi connectivity index (χ4n) is 0.609. The molecule has 0 radical (unpaired) electrons. The van der Waals surface area contributed by atoms with E-state index < -0.39 is 0 Å².